The Labute approximate surface area is 143 Å². The summed E-state index contributed by atoms with van der Waals surface area (Å²) in [5.41, 5.74) is 7.24. The fraction of sp³-hybridized carbons (Fsp3) is 0.381. The average Bonchev–Trinajstić information content (AvgIpc) is 3.10. The minimum Gasteiger partial charge on any atom is -0.392 e. The molecule has 0 aromatic heterocycles. The molecule has 1 atom stereocenters. The number of carbonyl (C=O) groups excluding carboxylic acids is 1. The highest BCUT2D eigenvalue weighted by atomic mass is 16.3. The highest BCUT2D eigenvalue weighted by molar-refractivity contribution is 5.70. The van der Waals surface area contributed by atoms with Crippen molar-refractivity contribution in [3.8, 4) is 11.1 Å². The summed E-state index contributed by atoms with van der Waals surface area (Å²) in [6.07, 6.45) is 2.89. The number of carbonyl (C=O) groups is 1. The molecular formula is C21H25NO2. The molecule has 1 aliphatic heterocycles. The molecule has 24 heavy (non-hydrogen) atoms. The zero-order valence-electron chi connectivity index (χ0n) is 14.5. The Balaban J connectivity index is 1.98. The van der Waals surface area contributed by atoms with Crippen LogP contribution in [0.1, 0.15) is 41.5 Å². The Hall–Kier alpha value is -2.13. The molecule has 1 aliphatic rings. The van der Waals surface area contributed by atoms with E-state index < -0.39 is 0 Å². The number of hydrogen-bond acceptors (Lipinski definition) is 2. The van der Waals surface area contributed by atoms with Crippen molar-refractivity contribution in [2.75, 3.05) is 13.1 Å². The average molecular weight is 323 g/mol. The van der Waals surface area contributed by atoms with Gasteiger partial charge in [-0.15, -0.1) is 0 Å². The smallest absolute Gasteiger partial charge is 0.209 e. The first-order valence-corrected chi connectivity index (χ1v) is 8.69. The van der Waals surface area contributed by atoms with Crippen molar-refractivity contribution in [1.29, 1.82) is 0 Å². The van der Waals surface area contributed by atoms with Crippen LogP contribution in [0.4, 0.5) is 0 Å². The van der Waals surface area contributed by atoms with Crippen molar-refractivity contribution in [3.63, 3.8) is 0 Å². The number of hydrogen-bond donors (Lipinski definition) is 1. The lowest BCUT2D eigenvalue weighted by Gasteiger charge is -2.17. The highest BCUT2D eigenvalue weighted by Crippen LogP contribution is 2.33. The first-order valence-electron chi connectivity index (χ1n) is 8.69. The monoisotopic (exact) mass is 323 g/mol. The van der Waals surface area contributed by atoms with Gasteiger partial charge in [-0.1, -0.05) is 37.3 Å². The third-order valence-corrected chi connectivity index (χ3v) is 5.20. The molecule has 126 valence electrons. The zero-order chi connectivity index (χ0) is 17.1. The van der Waals surface area contributed by atoms with Crippen LogP contribution in [0, 0.1) is 6.92 Å². The number of rotatable bonds is 5. The van der Waals surface area contributed by atoms with E-state index in [1.165, 1.54) is 22.3 Å². The lowest BCUT2D eigenvalue weighted by molar-refractivity contribution is -0.117. The summed E-state index contributed by atoms with van der Waals surface area (Å²) in [6.45, 7) is 5.92. The molecule has 1 unspecified atom stereocenters. The maximum Gasteiger partial charge on any atom is 0.209 e. The Morgan fingerprint density at radius 1 is 1.29 bits per heavy atom. The zero-order valence-corrected chi connectivity index (χ0v) is 14.5. The minimum absolute atomic E-state index is 0.0358. The fourth-order valence-corrected chi connectivity index (χ4v) is 3.89. The van der Waals surface area contributed by atoms with Crippen LogP contribution in [-0.2, 0) is 17.8 Å². The number of aryl methyl sites for hydroxylation is 1. The van der Waals surface area contributed by atoms with Crippen molar-refractivity contribution < 1.29 is 9.90 Å². The molecule has 0 aliphatic carbocycles. The van der Waals surface area contributed by atoms with Crippen LogP contribution in [0.3, 0.4) is 0 Å². The molecule has 3 rings (SSSR count). The van der Waals surface area contributed by atoms with Gasteiger partial charge >= 0.3 is 0 Å². The van der Waals surface area contributed by atoms with Gasteiger partial charge in [0.05, 0.1) is 6.61 Å². The van der Waals surface area contributed by atoms with E-state index >= 15 is 0 Å². The third-order valence-electron chi connectivity index (χ3n) is 5.20. The number of aliphatic hydroxyl groups is 1. The quantitative estimate of drug-likeness (QED) is 0.853. The first-order chi connectivity index (χ1) is 11.7. The van der Waals surface area contributed by atoms with Gasteiger partial charge in [-0.3, -0.25) is 4.79 Å². The van der Waals surface area contributed by atoms with Crippen LogP contribution in [0.2, 0.25) is 0 Å². The Morgan fingerprint density at radius 3 is 2.79 bits per heavy atom. The summed E-state index contributed by atoms with van der Waals surface area (Å²) in [4.78, 5) is 12.8. The molecule has 3 heteroatoms. The van der Waals surface area contributed by atoms with Crippen LogP contribution in [0.5, 0.6) is 0 Å². The number of nitrogens with zero attached hydrogens (tertiary/aromatic N) is 1. The molecule has 1 saturated heterocycles. The summed E-state index contributed by atoms with van der Waals surface area (Å²) < 4.78 is 0. The van der Waals surface area contributed by atoms with E-state index in [1.807, 2.05) is 4.90 Å². The van der Waals surface area contributed by atoms with Gasteiger partial charge in [0.2, 0.25) is 6.41 Å². The SMILES string of the molecule is CCc1c(C)cccc1-c1ccc(C2CCN(C=O)C2)c(CO)c1. The van der Waals surface area contributed by atoms with Crippen molar-refractivity contribution in [2.45, 2.75) is 39.2 Å². The molecule has 0 saturated carbocycles. The van der Waals surface area contributed by atoms with Crippen molar-refractivity contribution >= 4 is 6.41 Å². The second-order valence-electron chi connectivity index (χ2n) is 6.61. The van der Waals surface area contributed by atoms with E-state index in [1.54, 1.807) is 0 Å². The van der Waals surface area contributed by atoms with Crippen LogP contribution < -0.4 is 0 Å². The number of likely N-dealkylation sites (tertiary alicyclic amines) is 1. The molecule has 2 aromatic carbocycles. The topological polar surface area (TPSA) is 40.5 Å². The van der Waals surface area contributed by atoms with Crippen LogP contribution in [-0.4, -0.2) is 29.5 Å². The fourth-order valence-electron chi connectivity index (χ4n) is 3.89. The van der Waals surface area contributed by atoms with E-state index in [-0.39, 0.29) is 6.61 Å². The van der Waals surface area contributed by atoms with E-state index in [4.69, 9.17) is 0 Å². The van der Waals surface area contributed by atoms with E-state index in [9.17, 15) is 9.90 Å². The highest BCUT2D eigenvalue weighted by Gasteiger charge is 2.24. The predicted molar refractivity (Wildman–Crippen MR) is 96.9 cm³/mol. The summed E-state index contributed by atoms with van der Waals surface area (Å²) >= 11 is 0. The molecule has 3 nitrogen and oxygen atoms in total. The summed E-state index contributed by atoms with van der Waals surface area (Å²) in [7, 11) is 0. The van der Waals surface area contributed by atoms with Crippen LogP contribution in [0.15, 0.2) is 36.4 Å². The Kier molecular flexibility index (Phi) is 5.00. The molecule has 1 fully saturated rings. The molecular weight excluding hydrogens is 298 g/mol. The molecule has 1 heterocycles. The van der Waals surface area contributed by atoms with Crippen molar-refractivity contribution in [1.82, 2.24) is 4.90 Å². The normalized spacial score (nSPS) is 17.3. The maximum atomic E-state index is 11.0. The molecule has 0 spiro atoms. The second kappa shape index (κ2) is 7.18. The minimum atomic E-state index is 0.0358. The largest absolute Gasteiger partial charge is 0.392 e. The number of aliphatic hydroxyl groups excluding tert-OH is 1. The lowest BCUT2D eigenvalue weighted by Crippen LogP contribution is -2.17. The summed E-state index contributed by atoms with van der Waals surface area (Å²) in [6, 6.07) is 12.8. The Bertz CT molecular complexity index is 739. The van der Waals surface area contributed by atoms with Gasteiger partial charge in [0, 0.05) is 19.0 Å². The second-order valence-corrected chi connectivity index (χ2v) is 6.61. The molecule has 1 amide bonds. The molecule has 0 bridgehead atoms. The summed E-state index contributed by atoms with van der Waals surface area (Å²) in [5, 5.41) is 9.87. The lowest BCUT2D eigenvalue weighted by atomic mass is 9.88. The van der Waals surface area contributed by atoms with E-state index in [0.29, 0.717) is 5.92 Å². The number of benzene rings is 2. The molecule has 1 N–H and O–H groups in total. The van der Waals surface area contributed by atoms with Crippen molar-refractivity contribution in [3.05, 3.63) is 58.7 Å². The molecule has 2 aromatic rings. The predicted octanol–water partition coefficient (Wildman–Crippen LogP) is 3.66. The summed E-state index contributed by atoms with van der Waals surface area (Å²) in [5.74, 6) is 0.328. The van der Waals surface area contributed by atoms with E-state index in [2.05, 4.69) is 50.2 Å². The van der Waals surface area contributed by atoms with Gasteiger partial charge in [-0.05, 0) is 59.2 Å². The van der Waals surface area contributed by atoms with Gasteiger partial charge in [0.25, 0.3) is 0 Å². The van der Waals surface area contributed by atoms with E-state index in [0.717, 1.165) is 43.5 Å². The van der Waals surface area contributed by atoms with Gasteiger partial charge in [0.1, 0.15) is 0 Å². The maximum absolute atomic E-state index is 11.0. The van der Waals surface area contributed by atoms with Gasteiger partial charge in [-0.25, -0.2) is 0 Å². The third kappa shape index (κ3) is 3.09. The first kappa shape index (κ1) is 16.7. The van der Waals surface area contributed by atoms with Gasteiger partial charge in [-0.2, -0.15) is 0 Å². The van der Waals surface area contributed by atoms with Gasteiger partial charge < -0.3 is 10.0 Å². The van der Waals surface area contributed by atoms with Crippen molar-refractivity contribution in [2.24, 2.45) is 0 Å². The Morgan fingerprint density at radius 2 is 2.12 bits per heavy atom. The van der Waals surface area contributed by atoms with Gasteiger partial charge in [0.15, 0.2) is 0 Å². The molecule has 0 radical (unpaired) electrons. The van der Waals surface area contributed by atoms with Crippen LogP contribution in [0.25, 0.3) is 11.1 Å². The van der Waals surface area contributed by atoms with Crippen LogP contribution >= 0.6 is 0 Å². The standard InChI is InChI=1S/C21H25NO2/c1-3-19-15(2)5-4-6-21(19)16-7-8-20(18(11-16)13-23)17-9-10-22(12-17)14-24/h4-8,11,14,17,23H,3,9-10,12-13H2,1-2H3. The number of amides is 1.